The van der Waals surface area contributed by atoms with Gasteiger partial charge in [0.15, 0.2) is 5.82 Å². The Morgan fingerprint density at radius 1 is 1.18 bits per heavy atom. The molecule has 1 N–H and O–H groups in total. The molecular formula is C26H38N6O2. The molecule has 184 valence electrons. The first-order valence-electron chi connectivity index (χ1n) is 12.4. The second kappa shape index (κ2) is 9.86. The van der Waals surface area contributed by atoms with Crippen molar-refractivity contribution >= 4 is 10.9 Å². The lowest BCUT2D eigenvalue weighted by Crippen LogP contribution is -2.44. The van der Waals surface area contributed by atoms with Crippen LogP contribution < -0.4 is 10.3 Å². The van der Waals surface area contributed by atoms with Crippen LogP contribution in [-0.2, 0) is 12.1 Å². The number of ether oxygens (including phenoxy) is 1. The molecular weight excluding hydrogens is 428 g/mol. The van der Waals surface area contributed by atoms with Gasteiger partial charge in [-0.2, -0.15) is 0 Å². The van der Waals surface area contributed by atoms with Gasteiger partial charge in [0.2, 0.25) is 0 Å². The molecule has 1 aliphatic rings. The van der Waals surface area contributed by atoms with Gasteiger partial charge in [0.25, 0.3) is 5.56 Å². The van der Waals surface area contributed by atoms with Gasteiger partial charge in [-0.25, -0.2) is 4.68 Å². The van der Waals surface area contributed by atoms with Crippen LogP contribution in [0.1, 0.15) is 84.2 Å². The monoisotopic (exact) mass is 466 g/mol. The van der Waals surface area contributed by atoms with Gasteiger partial charge in [0.1, 0.15) is 5.75 Å². The maximum Gasteiger partial charge on any atom is 0.252 e. The van der Waals surface area contributed by atoms with E-state index in [1.807, 2.05) is 28.9 Å². The van der Waals surface area contributed by atoms with Gasteiger partial charge in [-0.1, -0.05) is 33.1 Å². The minimum Gasteiger partial charge on any atom is -0.497 e. The van der Waals surface area contributed by atoms with Gasteiger partial charge in [0, 0.05) is 24.2 Å². The highest BCUT2D eigenvalue weighted by Crippen LogP contribution is 2.36. The number of aromatic nitrogens is 5. The lowest BCUT2D eigenvalue weighted by molar-refractivity contribution is 0.0580. The second-order valence-electron chi connectivity index (χ2n) is 10.8. The van der Waals surface area contributed by atoms with Crippen LogP contribution in [0, 0.1) is 5.92 Å². The number of hydrogen-bond acceptors (Lipinski definition) is 6. The summed E-state index contributed by atoms with van der Waals surface area (Å²) in [6.07, 6.45) is 5.95. The summed E-state index contributed by atoms with van der Waals surface area (Å²) in [5, 5.41) is 13.9. The summed E-state index contributed by atoms with van der Waals surface area (Å²) in [5.74, 6) is 1.88. The summed E-state index contributed by atoms with van der Waals surface area (Å²) in [6, 6.07) is 8.21. The van der Waals surface area contributed by atoms with Crippen LogP contribution in [0.3, 0.4) is 0 Å². The molecule has 2 aromatic heterocycles. The fraction of sp³-hybridized carbons (Fsp3) is 0.615. The van der Waals surface area contributed by atoms with Crippen LogP contribution in [0.4, 0.5) is 0 Å². The molecule has 0 unspecified atom stereocenters. The topological polar surface area (TPSA) is 88.9 Å². The molecule has 3 aromatic rings. The summed E-state index contributed by atoms with van der Waals surface area (Å²) in [4.78, 5) is 18.8. The number of methoxy groups -OCH3 is 1. The fourth-order valence-corrected chi connectivity index (χ4v) is 5.22. The number of benzene rings is 1. The summed E-state index contributed by atoms with van der Waals surface area (Å²) >= 11 is 0. The van der Waals surface area contributed by atoms with Crippen LogP contribution in [0.25, 0.3) is 10.9 Å². The molecule has 1 saturated carbocycles. The number of rotatable bonds is 7. The number of H-pyrrole nitrogens is 1. The van der Waals surface area contributed by atoms with Crippen LogP contribution in [0.5, 0.6) is 5.75 Å². The van der Waals surface area contributed by atoms with E-state index in [1.54, 1.807) is 7.11 Å². The predicted octanol–water partition coefficient (Wildman–Crippen LogP) is 4.81. The number of hydrogen-bond donors (Lipinski definition) is 1. The molecule has 0 aliphatic heterocycles. The van der Waals surface area contributed by atoms with Gasteiger partial charge < -0.3 is 9.72 Å². The van der Waals surface area contributed by atoms with Crippen LogP contribution in [0.15, 0.2) is 29.1 Å². The molecule has 2 heterocycles. The lowest BCUT2D eigenvalue weighted by atomic mass is 9.90. The summed E-state index contributed by atoms with van der Waals surface area (Å²) in [6.45, 7) is 11.4. The Morgan fingerprint density at radius 2 is 1.91 bits per heavy atom. The molecule has 4 rings (SSSR count). The van der Waals surface area contributed by atoms with E-state index in [2.05, 4.69) is 60.0 Å². The summed E-state index contributed by atoms with van der Waals surface area (Å²) in [7, 11) is 1.63. The average molecular weight is 467 g/mol. The summed E-state index contributed by atoms with van der Waals surface area (Å²) in [5.41, 5.74) is 1.27. The van der Waals surface area contributed by atoms with Gasteiger partial charge in [0.05, 0.1) is 24.2 Å². The third kappa shape index (κ3) is 5.02. The maximum absolute atomic E-state index is 13.2. The van der Waals surface area contributed by atoms with Crippen molar-refractivity contribution in [2.24, 2.45) is 5.92 Å². The van der Waals surface area contributed by atoms with E-state index in [0.29, 0.717) is 12.6 Å². The molecule has 0 spiro atoms. The van der Waals surface area contributed by atoms with Gasteiger partial charge in [-0.3, -0.25) is 9.69 Å². The van der Waals surface area contributed by atoms with Crippen molar-refractivity contribution in [3.05, 3.63) is 46.0 Å². The molecule has 1 aliphatic carbocycles. The van der Waals surface area contributed by atoms with E-state index in [9.17, 15) is 4.79 Å². The number of tetrazole rings is 1. The van der Waals surface area contributed by atoms with Crippen LogP contribution in [-0.4, -0.2) is 43.2 Å². The van der Waals surface area contributed by atoms with E-state index in [-0.39, 0.29) is 23.1 Å². The number of nitrogens with one attached hydrogen (secondary N) is 1. The van der Waals surface area contributed by atoms with Crippen molar-refractivity contribution < 1.29 is 4.74 Å². The molecule has 1 aromatic carbocycles. The third-order valence-electron chi connectivity index (χ3n) is 6.91. The van der Waals surface area contributed by atoms with E-state index in [4.69, 9.17) is 4.74 Å². The predicted molar refractivity (Wildman–Crippen MR) is 134 cm³/mol. The largest absolute Gasteiger partial charge is 0.497 e. The lowest BCUT2D eigenvalue weighted by Gasteiger charge is -2.41. The van der Waals surface area contributed by atoms with Crippen molar-refractivity contribution in [2.75, 3.05) is 7.11 Å². The summed E-state index contributed by atoms with van der Waals surface area (Å²) < 4.78 is 7.27. The first-order chi connectivity index (χ1) is 16.2. The number of nitrogens with zero attached hydrogens (tertiary/aromatic N) is 5. The zero-order chi connectivity index (χ0) is 24.5. The Kier molecular flexibility index (Phi) is 7.07. The zero-order valence-corrected chi connectivity index (χ0v) is 21.3. The minimum absolute atomic E-state index is 0.00305. The molecule has 0 amide bonds. The number of aromatic amines is 1. The molecule has 0 bridgehead atoms. The quantitative estimate of drug-likeness (QED) is 0.537. The zero-order valence-electron chi connectivity index (χ0n) is 21.3. The number of fused-ring (bicyclic) bond motifs is 1. The normalized spacial score (nSPS) is 16.5. The Morgan fingerprint density at radius 3 is 2.56 bits per heavy atom. The molecule has 1 atom stereocenters. The van der Waals surface area contributed by atoms with Crippen molar-refractivity contribution in [3.63, 3.8) is 0 Å². The number of pyridine rings is 1. The van der Waals surface area contributed by atoms with E-state index in [0.717, 1.165) is 40.9 Å². The molecule has 8 heteroatoms. The van der Waals surface area contributed by atoms with Crippen molar-refractivity contribution in [1.82, 2.24) is 30.1 Å². The van der Waals surface area contributed by atoms with Crippen molar-refractivity contribution in [1.29, 1.82) is 0 Å². The standard InChI is InChI=1S/C26H38N6O2/c1-17(2)23(24-28-29-30-32(24)26(3,4)5)31(20-10-8-7-9-11-20)16-19-14-18-12-13-21(34-6)15-22(18)27-25(19)33/h12-15,17,20,23H,7-11,16H2,1-6H3,(H,27,33)/t23-/m1/s1. The van der Waals surface area contributed by atoms with Gasteiger partial charge >= 0.3 is 0 Å². The Labute approximate surface area is 201 Å². The fourth-order valence-electron chi connectivity index (χ4n) is 5.22. The first-order valence-corrected chi connectivity index (χ1v) is 12.4. The second-order valence-corrected chi connectivity index (χ2v) is 10.8. The average Bonchev–Trinajstić information content (AvgIpc) is 3.29. The highest BCUT2D eigenvalue weighted by molar-refractivity contribution is 5.80. The Balaban J connectivity index is 1.78. The molecule has 0 radical (unpaired) electrons. The van der Waals surface area contributed by atoms with Crippen LogP contribution >= 0.6 is 0 Å². The van der Waals surface area contributed by atoms with Crippen LogP contribution in [0.2, 0.25) is 0 Å². The molecule has 0 saturated heterocycles. The first kappa shape index (κ1) is 24.4. The Bertz CT molecular complexity index is 1170. The maximum atomic E-state index is 13.2. The third-order valence-corrected chi connectivity index (χ3v) is 6.91. The highest BCUT2D eigenvalue weighted by Gasteiger charge is 2.36. The molecule has 1 fully saturated rings. The highest BCUT2D eigenvalue weighted by atomic mass is 16.5. The Hall–Kier alpha value is -2.74. The molecule has 8 nitrogen and oxygen atoms in total. The van der Waals surface area contributed by atoms with Crippen molar-refractivity contribution in [2.45, 2.75) is 90.9 Å². The van der Waals surface area contributed by atoms with E-state index in [1.165, 1.54) is 19.3 Å². The van der Waals surface area contributed by atoms with E-state index >= 15 is 0 Å². The van der Waals surface area contributed by atoms with E-state index < -0.39 is 0 Å². The SMILES string of the molecule is COc1ccc2cc(CN(C3CCCCC3)[C@@H](c3nnnn3C(C)(C)C)C(C)C)c(=O)[nH]c2c1. The van der Waals surface area contributed by atoms with Crippen molar-refractivity contribution in [3.8, 4) is 5.75 Å². The van der Waals surface area contributed by atoms with Gasteiger partial charge in [-0.05, 0) is 73.5 Å². The minimum atomic E-state index is -0.232. The molecule has 34 heavy (non-hydrogen) atoms. The smallest absolute Gasteiger partial charge is 0.252 e. The van der Waals surface area contributed by atoms with Gasteiger partial charge in [-0.15, -0.1) is 5.10 Å².